The lowest BCUT2D eigenvalue weighted by Gasteiger charge is -2.36. The minimum atomic E-state index is -4.53. The van der Waals surface area contributed by atoms with Crippen molar-refractivity contribution in [2.24, 2.45) is 4.99 Å². The van der Waals surface area contributed by atoms with E-state index in [1.807, 2.05) is 12.1 Å². The second-order valence-corrected chi connectivity index (χ2v) is 8.43. The summed E-state index contributed by atoms with van der Waals surface area (Å²) in [5.41, 5.74) is 1.43. The molecule has 2 aliphatic rings. The predicted molar refractivity (Wildman–Crippen MR) is 99.7 cm³/mol. The number of amides is 1. The van der Waals surface area contributed by atoms with E-state index in [2.05, 4.69) is 9.98 Å². The van der Waals surface area contributed by atoms with Gasteiger partial charge in [-0.2, -0.15) is 13.2 Å². The fourth-order valence-electron chi connectivity index (χ4n) is 3.46. The van der Waals surface area contributed by atoms with Crippen molar-refractivity contribution in [1.82, 2.24) is 9.88 Å². The summed E-state index contributed by atoms with van der Waals surface area (Å²) in [5, 5.41) is 0.801. The van der Waals surface area contributed by atoms with Gasteiger partial charge in [0.2, 0.25) is 5.91 Å². The number of aliphatic imine (C=N–C) groups is 1. The quantitative estimate of drug-likeness (QED) is 0.831. The number of thioether (sulfide) groups is 2. The molecule has 9 heteroatoms. The number of benzene rings is 1. The van der Waals surface area contributed by atoms with Crippen molar-refractivity contribution in [2.45, 2.75) is 18.6 Å². The van der Waals surface area contributed by atoms with E-state index in [1.54, 1.807) is 23.9 Å². The van der Waals surface area contributed by atoms with E-state index in [0.717, 1.165) is 20.4 Å². The van der Waals surface area contributed by atoms with Crippen molar-refractivity contribution in [2.75, 3.05) is 24.6 Å². The molecule has 26 heavy (non-hydrogen) atoms. The zero-order valence-electron chi connectivity index (χ0n) is 13.7. The number of carbonyl (C=O) groups is 1. The molecule has 2 aromatic rings. The normalized spacial score (nSPS) is 20.3. The van der Waals surface area contributed by atoms with Gasteiger partial charge in [-0.05, 0) is 18.1 Å². The lowest BCUT2D eigenvalue weighted by atomic mass is 9.97. The topological polar surface area (TPSA) is 48.5 Å². The van der Waals surface area contributed by atoms with Crippen LogP contribution in [0.25, 0.3) is 10.9 Å². The summed E-state index contributed by atoms with van der Waals surface area (Å²) in [7, 11) is 0. The van der Waals surface area contributed by atoms with Crippen molar-refractivity contribution in [3.8, 4) is 0 Å². The van der Waals surface area contributed by atoms with Crippen LogP contribution < -0.4 is 0 Å². The molecule has 0 unspecified atom stereocenters. The smallest absolute Gasteiger partial charge is 0.356 e. The number of H-pyrrole nitrogens is 1. The standard InChI is InChI=1S/C17H16F3N3OS2/c18-17(19,20)15-14-11(10-3-1-2-4-12(10)22-14)5-7-23(15)13(24)9-26-16-21-6-8-25-16/h1-4,15,22H,5-9H2/t15-/m1/s1. The van der Waals surface area contributed by atoms with Crippen LogP contribution in [0.1, 0.15) is 17.3 Å². The largest absolute Gasteiger partial charge is 0.414 e. The van der Waals surface area contributed by atoms with Crippen LogP contribution in [-0.4, -0.2) is 50.9 Å². The molecule has 1 amide bonds. The number of fused-ring (bicyclic) bond motifs is 3. The Bertz CT molecular complexity index is 878. The number of aromatic amines is 1. The van der Waals surface area contributed by atoms with Crippen molar-refractivity contribution < 1.29 is 18.0 Å². The number of rotatable bonds is 2. The van der Waals surface area contributed by atoms with Gasteiger partial charge in [-0.25, -0.2) is 0 Å². The Kier molecular flexibility index (Phi) is 4.68. The summed E-state index contributed by atoms with van der Waals surface area (Å²) in [6.45, 7) is 0.770. The van der Waals surface area contributed by atoms with Crippen LogP contribution in [0.5, 0.6) is 0 Å². The lowest BCUT2D eigenvalue weighted by Crippen LogP contribution is -2.47. The number of aromatic nitrogens is 1. The van der Waals surface area contributed by atoms with Crippen molar-refractivity contribution >= 4 is 44.7 Å². The molecule has 0 saturated heterocycles. The number of nitrogens with zero attached hydrogens (tertiary/aromatic N) is 2. The third-order valence-electron chi connectivity index (χ3n) is 4.54. The van der Waals surface area contributed by atoms with Crippen LogP contribution in [0.2, 0.25) is 0 Å². The first-order chi connectivity index (χ1) is 12.4. The minimum absolute atomic E-state index is 0.0199. The van der Waals surface area contributed by atoms with Crippen LogP contribution in [0.15, 0.2) is 29.3 Å². The Labute approximate surface area is 156 Å². The molecule has 0 spiro atoms. The molecule has 1 atom stereocenters. The first-order valence-corrected chi connectivity index (χ1v) is 10.2. The van der Waals surface area contributed by atoms with Crippen molar-refractivity contribution in [3.05, 3.63) is 35.5 Å². The Morgan fingerprint density at radius 3 is 2.92 bits per heavy atom. The molecule has 4 rings (SSSR count). The summed E-state index contributed by atoms with van der Waals surface area (Å²) in [5.74, 6) is 0.342. The molecule has 4 nitrogen and oxygen atoms in total. The van der Waals surface area contributed by atoms with E-state index in [0.29, 0.717) is 24.0 Å². The summed E-state index contributed by atoms with van der Waals surface area (Å²) in [6, 6.07) is 5.25. The van der Waals surface area contributed by atoms with Gasteiger partial charge in [-0.15, -0.1) is 0 Å². The van der Waals surface area contributed by atoms with Crippen LogP contribution in [0.3, 0.4) is 0 Å². The van der Waals surface area contributed by atoms with Crippen LogP contribution in [-0.2, 0) is 11.2 Å². The monoisotopic (exact) mass is 399 g/mol. The second kappa shape index (κ2) is 6.84. The molecular weight excluding hydrogens is 383 g/mol. The fourth-order valence-corrected chi connectivity index (χ4v) is 5.35. The number of para-hydroxylation sites is 1. The zero-order valence-corrected chi connectivity index (χ0v) is 15.3. The Balaban J connectivity index is 1.64. The summed E-state index contributed by atoms with van der Waals surface area (Å²) < 4.78 is 42.3. The van der Waals surface area contributed by atoms with Gasteiger partial charge in [0, 0.05) is 23.2 Å². The van der Waals surface area contributed by atoms with Gasteiger partial charge in [0.1, 0.15) is 4.38 Å². The van der Waals surface area contributed by atoms with Gasteiger partial charge in [0.25, 0.3) is 0 Å². The predicted octanol–water partition coefficient (Wildman–Crippen LogP) is 3.99. The molecule has 0 bridgehead atoms. The molecule has 1 N–H and O–H groups in total. The minimum Gasteiger partial charge on any atom is -0.356 e. The molecule has 0 radical (unpaired) electrons. The highest BCUT2D eigenvalue weighted by atomic mass is 32.2. The van der Waals surface area contributed by atoms with Gasteiger partial charge in [0.05, 0.1) is 18.0 Å². The highest BCUT2D eigenvalue weighted by Crippen LogP contribution is 2.43. The molecule has 3 heterocycles. The summed E-state index contributed by atoms with van der Waals surface area (Å²) >= 11 is 2.77. The van der Waals surface area contributed by atoms with Gasteiger partial charge < -0.3 is 9.88 Å². The number of hydrogen-bond acceptors (Lipinski definition) is 4. The van der Waals surface area contributed by atoms with Gasteiger partial charge >= 0.3 is 6.18 Å². The molecule has 138 valence electrons. The van der Waals surface area contributed by atoms with Crippen LogP contribution in [0, 0.1) is 0 Å². The van der Waals surface area contributed by atoms with E-state index in [-0.39, 0.29) is 18.0 Å². The highest BCUT2D eigenvalue weighted by molar-refractivity contribution is 8.39. The van der Waals surface area contributed by atoms with Gasteiger partial charge in [0.15, 0.2) is 6.04 Å². The first kappa shape index (κ1) is 17.8. The number of nitrogens with one attached hydrogen (secondary N) is 1. The third kappa shape index (κ3) is 3.22. The Morgan fingerprint density at radius 2 is 2.19 bits per heavy atom. The summed E-state index contributed by atoms with van der Waals surface area (Å²) in [6.07, 6.45) is -4.12. The van der Waals surface area contributed by atoms with Crippen molar-refractivity contribution in [3.63, 3.8) is 0 Å². The van der Waals surface area contributed by atoms with Crippen molar-refractivity contribution in [1.29, 1.82) is 0 Å². The van der Waals surface area contributed by atoms with Gasteiger partial charge in [-0.3, -0.25) is 9.79 Å². The van der Waals surface area contributed by atoms with E-state index in [9.17, 15) is 18.0 Å². The third-order valence-corrected chi connectivity index (χ3v) is 6.78. The average molecular weight is 399 g/mol. The summed E-state index contributed by atoms with van der Waals surface area (Å²) in [4.78, 5) is 20.7. The maximum Gasteiger partial charge on any atom is 0.414 e. The number of halogens is 3. The molecule has 0 saturated carbocycles. The number of carbonyl (C=O) groups excluding carboxylic acids is 1. The fraction of sp³-hybridized carbons (Fsp3) is 0.412. The highest BCUT2D eigenvalue weighted by Gasteiger charge is 2.50. The molecular formula is C17H16F3N3OS2. The second-order valence-electron chi connectivity index (χ2n) is 6.13. The molecule has 0 aliphatic carbocycles. The Hall–Kier alpha value is -1.61. The van der Waals surface area contributed by atoms with E-state index in [4.69, 9.17) is 0 Å². The van der Waals surface area contributed by atoms with Crippen LogP contribution in [0.4, 0.5) is 13.2 Å². The molecule has 1 aromatic heterocycles. The number of alkyl halides is 3. The maximum absolute atomic E-state index is 13.9. The molecule has 2 aliphatic heterocycles. The zero-order chi connectivity index (χ0) is 18.3. The first-order valence-electron chi connectivity index (χ1n) is 8.21. The van der Waals surface area contributed by atoms with E-state index in [1.165, 1.54) is 11.8 Å². The Morgan fingerprint density at radius 1 is 1.38 bits per heavy atom. The van der Waals surface area contributed by atoms with E-state index >= 15 is 0 Å². The maximum atomic E-state index is 13.9. The average Bonchev–Trinajstić information content (AvgIpc) is 3.25. The SMILES string of the molecule is O=C(CSC1=NCCS1)N1CCc2c([nH]c3ccccc23)[C@@H]1C(F)(F)F. The molecule has 1 aromatic carbocycles. The molecule has 0 fully saturated rings. The van der Waals surface area contributed by atoms with Crippen LogP contribution >= 0.6 is 23.5 Å². The van der Waals surface area contributed by atoms with Gasteiger partial charge in [-0.1, -0.05) is 41.7 Å². The van der Waals surface area contributed by atoms with E-state index < -0.39 is 18.1 Å². The lowest BCUT2D eigenvalue weighted by molar-refractivity contribution is -0.193. The number of hydrogen-bond donors (Lipinski definition) is 1.